The van der Waals surface area contributed by atoms with Gasteiger partial charge in [0.25, 0.3) is 0 Å². The first-order chi connectivity index (χ1) is 20.2. The van der Waals surface area contributed by atoms with Crippen molar-refractivity contribution in [2.45, 2.75) is 93.9 Å². The van der Waals surface area contributed by atoms with Crippen LogP contribution in [0.2, 0.25) is 0 Å². The van der Waals surface area contributed by atoms with E-state index in [2.05, 4.69) is 109 Å². The molecule has 0 radical (unpaired) electrons. The summed E-state index contributed by atoms with van der Waals surface area (Å²) in [5.41, 5.74) is 7.25. The monoisotopic (exact) mass is 580 g/mol. The Morgan fingerprint density at radius 3 is 1.76 bits per heavy atom. The van der Waals surface area contributed by atoms with Crippen LogP contribution in [-0.2, 0) is 14.4 Å². The molecule has 1 saturated heterocycles. The molecular formula is C37H60N2O3. The highest BCUT2D eigenvalue weighted by atomic mass is 16.2. The lowest BCUT2D eigenvalue weighted by molar-refractivity contribution is -0.128. The Kier molecular flexibility index (Phi) is 27.1. The quantitative estimate of drug-likeness (QED) is 0.250. The molecule has 0 atom stereocenters. The largest absolute Gasteiger partial charge is 0.380 e. The molecule has 2 rings (SSSR count). The van der Waals surface area contributed by atoms with Crippen LogP contribution in [0.25, 0.3) is 11.1 Å². The van der Waals surface area contributed by atoms with E-state index in [0.717, 1.165) is 57.2 Å². The predicted octanol–water partition coefficient (Wildman–Crippen LogP) is 9.23. The summed E-state index contributed by atoms with van der Waals surface area (Å²) in [6.07, 6.45) is 14.7. The zero-order chi connectivity index (χ0) is 33.1. The Balaban J connectivity index is -0.000000705. The second kappa shape index (κ2) is 26.4. The van der Waals surface area contributed by atoms with Crippen molar-refractivity contribution in [1.29, 1.82) is 0 Å². The van der Waals surface area contributed by atoms with Crippen LogP contribution >= 0.6 is 0 Å². The molecule has 0 saturated carbocycles. The van der Waals surface area contributed by atoms with Crippen LogP contribution in [0.1, 0.15) is 105 Å². The Labute approximate surface area is 258 Å². The standard InChI is InChI=1S/C23H31N.C10H19NO.C2H6.2CH2O/c1-8-16-24(7)17-20(10-3)21-12-14-22(15-13-21)23(11-4)19(6)18(5)9-2;1-3-5-10(6-4-2)7-8-11-9(10)12;3*1-2/h9-15,17H,3-4,8,16H2,1-2,5-7H3;3-8H2,1-2H3,(H,11,12);1-2H3;2*1H2/b18-9-,20-17+,23-19+;;;;. The second-order valence-corrected chi connectivity index (χ2v) is 9.85. The summed E-state index contributed by atoms with van der Waals surface area (Å²) >= 11 is 0. The third kappa shape index (κ3) is 14.4. The molecule has 0 unspecified atom stereocenters. The van der Waals surface area contributed by atoms with Crippen molar-refractivity contribution in [3.05, 3.63) is 84.1 Å². The highest BCUT2D eigenvalue weighted by Crippen LogP contribution is 2.36. The molecule has 1 N–H and O–H groups in total. The fraction of sp³-hybridized carbons (Fsp3) is 0.486. The number of nitrogens with zero attached hydrogens (tertiary/aromatic N) is 1. The highest BCUT2D eigenvalue weighted by molar-refractivity contribution is 5.84. The van der Waals surface area contributed by atoms with Crippen molar-refractivity contribution >= 4 is 30.6 Å². The van der Waals surface area contributed by atoms with E-state index >= 15 is 0 Å². The predicted molar refractivity (Wildman–Crippen MR) is 185 cm³/mol. The van der Waals surface area contributed by atoms with Crippen LogP contribution < -0.4 is 5.32 Å². The smallest absolute Gasteiger partial charge is 0.226 e. The Morgan fingerprint density at radius 2 is 1.40 bits per heavy atom. The third-order valence-electron chi connectivity index (χ3n) is 7.15. The summed E-state index contributed by atoms with van der Waals surface area (Å²) in [6.45, 7) is 30.7. The summed E-state index contributed by atoms with van der Waals surface area (Å²) in [4.78, 5) is 29.8. The first kappa shape index (κ1) is 43.0. The summed E-state index contributed by atoms with van der Waals surface area (Å²) in [6, 6.07) is 8.64. The molecule has 0 spiro atoms. The molecule has 1 aromatic carbocycles. The van der Waals surface area contributed by atoms with Gasteiger partial charge in [-0.2, -0.15) is 0 Å². The van der Waals surface area contributed by atoms with Gasteiger partial charge in [0.2, 0.25) is 5.91 Å². The minimum absolute atomic E-state index is 0.00347. The highest BCUT2D eigenvalue weighted by Gasteiger charge is 2.40. The van der Waals surface area contributed by atoms with Crippen molar-refractivity contribution in [3.8, 4) is 0 Å². The lowest BCUT2D eigenvalue weighted by Crippen LogP contribution is -2.30. The molecule has 236 valence electrons. The molecule has 0 bridgehead atoms. The fourth-order valence-corrected chi connectivity index (χ4v) is 4.93. The molecule has 5 nitrogen and oxygen atoms in total. The summed E-state index contributed by atoms with van der Waals surface area (Å²) in [5, 5.41) is 2.94. The maximum absolute atomic E-state index is 11.6. The average Bonchev–Trinajstić information content (AvgIpc) is 3.39. The first-order valence-electron chi connectivity index (χ1n) is 15.2. The maximum Gasteiger partial charge on any atom is 0.226 e. The number of hydrogen-bond donors (Lipinski definition) is 1. The lowest BCUT2D eigenvalue weighted by atomic mass is 9.78. The first-order valence-corrected chi connectivity index (χ1v) is 15.2. The van der Waals surface area contributed by atoms with E-state index in [-0.39, 0.29) is 5.41 Å². The van der Waals surface area contributed by atoms with Crippen LogP contribution in [0.3, 0.4) is 0 Å². The molecule has 1 aliphatic rings. The van der Waals surface area contributed by atoms with Gasteiger partial charge in [-0.15, -0.1) is 0 Å². The number of amides is 1. The SMILES string of the molecule is C=C/C(=C\N(C)CCC)c1ccc(/C(C=C)=C(C)/C(C)=C\C)cc1.C=O.C=O.CC.CCCC1(CCC)CCNC1=O. The van der Waals surface area contributed by atoms with Gasteiger partial charge in [-0.3, -0.25) is 4.79 Å². The zero-order valence-electron chi connectivity index (χ0n) is 28.3. The zero-order valence-corrected chi connectivity index (χ0v) is 28.3. The molecule has 1 fully saturated rings. The summed E-state index contributed by atoms with van der Waals surface area (Å²) in [5.74, 6) is 0.297. The van der Waals surface area contributed by atoms with Crippen LogP contribution in [0.5, 0.6) is 0 Å². The molecular weight excluding hydrogens is 520 g/mol. The molecule has 1 amide bonds. The number of nitrogens with one attached hydrogen (secondary N) is 1. The molecule has 0 aromatic heterocycles. The third-order valence-corrected chi connectivity index (χ3v) is 7.15. The molecule has 5 heteroatoms. The maximum atomic E-state index is 11.6. The van der Waals surface area contributed by atoms with Gasteiger partial charge in [0.05, 0.1) is 5.41 Å². The van der Waals surface area contributed by atoms with E-state index < -0.39 is 0 Å². The number of carbonyl (C=O) groups excluding carboxylic acids is 3. The normalized spacial score (nSPS) is 14.0. The molecule has 1 aromatic rings. The Bertz CT molecular complexity index is 979. The fourth-order valence-electron chi connectivity index (χ4n) is 4.93. The number of benzene rings is 1. The summed E-state index contributed by atoms with van der Waals surface area (Å²) < 4.78 is 0. The summed E-state index contributed by atoms with van der Waals surface area (Å²) in [7, 11) is 2.10. The lowest BCUT2D eigenvalue weighted by Gasteiger charge is -2.24. The van der Waals surface area contributed by atoms with Crippen molar-refractivity contribution in [1.82, 2.24) is 10.2 Å². The minimum Gasteiger partial charge on any atom is -0.380 e. The van der Waals surface area contributed by atoms with E-state index in [9.17, 15) is 4.79 Å². The van der Waals surface area contributed by atoms with E-state index in [1.165, 1.54) is 27.8 Å². The van der Waals surface area contributed by atoms with Gasteiger partial charge in [-0.25, -0.2) is 0 Å². The van der Waals surface area contributed by atoms with E-state index in [0.29, 0.717) is 5.91 Å². The number of hydrogen-bond acceptors (Lipinski definition) is 4. The van der Waals surface area contributed by atoms with Gasteiger partial charge in [-0.05, 0) is 74.3 Å². The van der Waals surface area contributed by atoms with Gasteiger partial charge in [0, 0.05) is 26.3 Å². The van der Waals surface area contributed by atoms with E-state index in [4.69, 9.17) is 9.59 Å². The van der Waals surface area contributed by atoms with Crippen LogP contribution in [0, 0.1) is 5.41 Å². The van der Waals surface area contributed by atoms with Crippen LogP contribution in [-0.4, -0.2) is 44.5 Å². The topological polar surface area (TPSA) is 66.5 Å². The van der Waals surface area contributed by atoms with Gasteiger partial charge in [0.1, 0.15) is 13.6 Å². The Hall–Kier alpha value is -3.47. The minimum atomic E-state index is 0.00347. The molecule has 0 aliphatic carbocycles. The van der Waals surface area contributed by atoms with Crippen molar-refractivity contribution in [2.24, 2.45) is 5.41 Å². The van der Waals surface area contributed by atoms with Gasteiger partial charge < -0.3 is 19.8 Å². The molecule has 1 aliphatic heterocycles. The van der Waals surface area contributed by atoms with Gasteiger partial charge >= 0.3 is 0 Å². The molecule has 1 heterocycles. The van der Waals surface area contributed by atoms with Crippen LogP contribution in [0.15, 0.2) is 73.0 Å². The second-order valence-electron chi connectivity index (χ2n) is 9.85. The molecule has 42 heavy (non-hydrogen) atoms. The average molecular weight is 581 g/mol. The Morgan fingerprint density at radius 1 is 0.905 bits per heavy atom. The number of carbonyl (C=O) groups is 3. The van der Waals surface area contributed by atoms with Crippen molar-refractivity contribution in [3.63, 3.8) is 0 Å². The van der Waals surface area contributed by atoms with Crippen molar-refractivity contribution in [2.75, 3.05) is 20.1 Å². The number of rotatable bonds is 12. The number of allylic oxidation sites excluding steroid dienone is 7. The van der Waals surface area contributed by atoms with E-state index in [1.54, 1.807) is 0 Å². The van der Waals surface area contributed by atoms with Gasteiger partial charge in [-0.1, -0.05) is 109 Å². The van der Waals surface area contributed by atoms with Crippen molar-refractivity contribution < 1.29 is 14.4 Å². The van der Waals surface area contributed by atoms with Crippen LogP contribution in [0.4, 0.5) is 0 Å². The van der Waals surface area contributed by atoms with Gasteiger partial charge in [0.15, 0.2) is 0 Å². The van der Waals surface area contributed by atoms with E-state index in [1.807, 2.05) is 39.6 Å².